The fraction of sp³-hybridized carbons (Fsp3) is 0.600. The highest BCUT2D eigenvalue weighted by molar-refractivity contribution is 5.54. The lowest BCUT2D eigenvalue weighted by Crippen LogP contribution is -2.50. The van der Waals surface area contributed by atoms with E-state index in [2.05, 4.69) is 50.7 Å². The quantitative estimate of drug-likeness (QED) is 0.841. The molecular weight excluding hydrogens is 326 g/mol. The third kappa shape index (κ3) is 3.82. The van der Waals surface area contributed by atoms with Crippen LogP contribution in [-0.4, -0.2) is 69.5 Å². The zero-order valence-electron chi connectivity index (χ0n) is 15.8. The third-order valence-electron chi connectivity index (χ3n) is 5.71. The molecule has 3 heterocycles. The number of rotatable bonds is 4. The molecule has 2 aromatic rings. The van der Waals surface area contributed by atoms with Crippen molar-refractivity contribution in [3.05, 3.63) is 36.2 Å². The average molecular weight is 355 g/mol. The number of piperidine rings is 1. The van der Waals surface area contributed by atoms with Gasteiger partial charge in [0.2, 0.25) is 0 Å². The lowest BCUT2D eigenvalue weighted by Gasteiger charge is -2.41. The second-order valence-electron chi connectivity index (χ2n) is 7.55. The molecule has 0 radical (unpaired) electrons. The number of hydrogen-bond donors (Lipinski definition) is 0. The van der Waals surface area contributed by atoms with Gasteiger partial charge in [-0.1, -0.05) is 30.3 Å². The zero-order valence-corrected chi connectivity index (χ0v) is 15.8. The summed E-state index contributed by atoms with van der Waals surface area (Å²) >= 11 is 0. The fourth-order valence-corrected chi connectivity index (χ4v) is 4.16. The molecule has 2 saturated heterocycles. The largest absolute Gasteiger partial charge is 0.376 e. The maximum Gasteiger partial charge on any atom is 0.163 e. The molecule has 0 amide bonds. The van der Waals surface area contributed by atoms with E-state index in [1.807, 2.05) is 18.2 Å². The fourth-order valence-electron chi connectivity index (χ4n) is 4.16. The number of ether oxygens (including phenoxy) is 1. The summed E-state index contributed by atoms with van der Waals surface area (Å²) in [6.07, 6.45) is 2.84. The van der Waals surface area contributed by atoms with E-state index in [-0.39, 0.29) is 0 Å². The molecule has 6 nitrogen and oxygen atoms in total. The van der Waals surface area contributed by atoms with Crippen LogP contribution in [0.15, 0.2) is 30.3 Å². The standard InChI is InChI=1S/C20H29N5O/c1-16-14-25(12-13-26-16)18-8-10-24(11-9-18)15-19-21-22-20(23(19)2)17-6-4-3-5-7-17/h3-7,16,18H,8-15H2,1-2H3/t16-/m1/s1. The molecule has 4 rings (SSSR count). The minimum absolute atomic E-state index is 0.372. The zero-order chi connectivity index (χ0) is 17.9. The number of benzene rings is 1. The first-order valence-electron chi connectivity index (χ1n) is 9.72. The van der Waals surface area contributed by atoms with Crippen LogP contribution in [0.1, 0.15) is 25.6 Å². The minimum Gasteiger partial charge on any atom is -0.376 e. The van der Waals surface area contributed by atoms with E-state index in [0.717, 1.165) is 56.5 Å². The van der Waals surface area contributed by atoms with Gasteiger partial charge in [0.15, 0.2) is 5.82 Å². The van der Waals surface area contributed by atoms with Gasteiger partial charge < -0.3 is 9.30 Å². The van der Waals surface area contributed by atoms with Crippen molar-refractivity contribution >= 4 is 0 Å². The number of likely N-dealkylation sites (tertiary alicyclic amines) is 1. The molecule has 0 aliphatic carbocycles. The summed E-state index contributed by atoms with van der Waals surface area (Å²) in [6, 6.07) is 11.0. The average Bonchev–Trinajstić information content (AvgIpc) is 3.03. The molecule has 0 saturated carbocycles. The van der Waals surface area contributed by atoms with E-state index in [0.29, 0.717) is 12.1 Å². The summed E-state index contributed by atoms with van der Waals surface area (Å²) < 4.78 is 7.81. The summed E-state index contributed by atoms with van der Waals surface area (Å²) in [7, 11) is 2.07. The molecule has 0 N–H and O–H groups in total. The number of morpholine rings is 1. The van der Waals surface area contributed by atoms with Gasteiger partial charge in [0.05, 0.1) is 19.3 Å². The molecule has 1 atom stereocenters. The van der Waals surface area contributed by atoms with Crippen LogP contribution in [-0.2, 0) is 18.3 Å². The molecule has 1 aromatic carbocycles. The SMILES string of the molecule is C[C@@H]1CN(C2CCN(Cc3nnc(-c4ccccc4)n3C)CC2)CCO1. The molecule has 140 valence electrons. The van der Waals surface area contributed by atoms with Crippen molar-refractivity contribution in [3.8, 4) is 11.4 Å². The lowest BCUT2D eigenvalue weighted by atomic mass is 10.0. The Morgan fingerprint density at radius 1 is 1.08 bits per heavy atom. The Balaban J connectivity index is 1.34. The van der Waals surface area contributed by atoms with E-state index < -0.39 is 0 Å². The maximum absolute atomic E-state index is 5.68. The van der Waals surface area contributed by atoms with Crippen molar-refractivity contribution in [1.29, 1.82) is 0 Å². The predicted octanol–water partition coefficient (Wildman–Crippen LogP) is 2.17. The summed E-state index contributed by atoms with van der Waals surface area (Å²) in [4.78, 5) is 5.14. The van der Waals surface area contributed by atoms with Crippen molar-refractivity contribution in [2.45, 2.75) is 38.5 Å². The van der Waals surface area contributed by atoms with E-state index in [4.69, 9.17) is 4.74 Å². The molecule has 1 aromatic heterocycles. The van der Waals surface area contributed by atoms with Gasteiger partial charge in [-0.3, -0.25) is 9.80 Å². The van der Waals surface area contributed by atoms with Crippen molar-refractivity contribution < 1.29 is 4.74 Å². The Labute approximate surface area is 155 Å². The Hall–Kier alpha value is -1.76. The summed E-state index contributed by atoms with van der Waals surface area (Å²) in [5.74, 6) is 1.99. The Morgan fingerprint density at radius 2 is 1.85 bits per heavy atom. The molecule has 2 aliphatic rings. The molecule has 6 heteroatoms. The van der Waals surface area contributed by atoms with Gasteiger partial charge in [-0.15, -0.1) is 10.2 Å². The molecular formula is C20H29N5O. The first-order valence-corrected chi connectivity index (χ1v) is 9.72. The van der Waals surface area contributed by atoms with E-state index in [1.54, 1.807) is 0 Å². The van der Waals surface area contributed by atoms with Gasteiger partial charge in [0, 0.05) is 44.8 Å². The predicted molar refractivity (Wildman–Crippen MR) is 102 cm³/mol. The van der Waals surface area contributed by atoms with Crippen molar-refractivity contribution in [2.75, 3.05) is 32.8 Å². The highest BCUT2D eigenvalue weighted by Crippen LogP contribution is 2.22. The number of aromatic nitrogens is 3. The van der Waals surface area contributed by atoms with Crippen LogP contribution in [0.25, 0.3) is 11.4 Å². The van der Waals surface area contributed by atoms with Crippen LogP contribution < -0.4 is 0 Å². The van der Waals surface area contributed by atoms with Crippen molar-refractivity contribution in [3.63, 3.8) is 0 Å². The Kier molecular flexibility index (Phi) is 5.33. The molecule has 2 fully saturated rings. The summed E-state index contributed by atoms with van der Waals surface area (Å²) in [5, 5.41) is 8.86. The smallest absolute Gasteiger partial charge is 0.163 e. The van der Waals surface area contributed by atoms with Crippen LogP contribution in [0.3, 0.4) is 0 Å². The highest BCUT2D eigenvalue weighted by Gasteiger charge is 2.28. The van der Waals surface area contributed by atoms with Gasteiger partial charge in [-0.2, -0.15) is 0 Å². The van der Waals surface area contributed by atoms with E-state index in [1.165, 1.54) is 12.8 Å². The van der Waals surface area contributed by atoms with E-state index >= 15 is 0 Å². The molecule has 26 heavy (non-hydrogen) atoms. The van der Waals surface area contributed by atoms with Crippen molar-refractivity contribution in [2.24, 2.45) is 7.05 Å². The molecule has 0 bridgehead atoms. The second kappa shape index (κ2) is 7.86. The topological polar surface area (TPSA) is 46.4 Å². The van der Waals surface area contributed by atoms with Gasteiger partial charge in [0.1, 0.15) is 5.82 Å². The first-order chi connectivity index (χ1) is 12.7. The van der Waals surface area contributed by atoms with Gasteiger partial charge in [0.25, 0.3) is 0 Å². The Bertz CT molecular complexity index is 708. The van der Waals surface area contributed by atoms with Crippen molar-refractivity contribution in [1.82, 2.24) is 24.6 Å². The van der Waals surface area contributed by atoms with Crippen LogP contribution in [0, 0.1) is 0 Å². The Morgan fingerprint density at radius 3 is 2.58 bits per heavy atom. The van der Waals surface area contributed by atoms with E-state index in [9.17, 15) is 0 Å². The van der Waals surface area contributed by atoms with Gasteiger partial charge in [-0.25, -0.2) is 0 Å². The summed E-state index contributed by atoms with van der Waals surface area (Å²) in [6.45, 7) is 8.35. The van der Waals surface area contributed by atoms with Gasteiger partial charge >= 0.3 is 0 Å². The molecule has 0 unspecified atom stereocenters. The van der Waals surface area contributed by atoms with Crippen LogP contribution in [0.5, 0.6) is 0 Å². The maximum atomic E-state index is 5.68. The highest BCUT2D eigenvalue weighted by atomic mass is 16.5. The summed E-state index contributed by atoms with van der Waals surface area (Å²) in [5.41, 5.74) is 1.12. The number of nitrogens with zero attached hydrogens (tertiary/aromatic N) is 5. The minimum atomic E-state index is 0.372. The van der Waals surface area contributed by atoms with Gasteiger partial charge in [-0.05, 0) is 19.8 Å². The number of hydrogen-bond acceptors (Lipinski definition) is 5. The molecule has 0 spiro atoms. The normalized spacial score (nSPS) is 23.4. The molecule has 2 aliphatic heterocycles. The monoisotopic (exact) mass is 355 g/mol. The second-order valence-corrected chi connectivity index (χ2v) is 7.55. The van der Waals surface area contributed by atoms with Crippen LogP contribution in [0.4, 0.5) is 0 Å². The van der Waals surface area contributed by atoms with Crippen LogP contribution >= 0.6 is 0 Å². The third-order valence-corrected chi connectivity index (χ3v) is 5.71. The van der Waals surface area contributed by atoms with Crippen LogP contribution in [0.2, 0.25) is 0 Å². The first kappa shape index (κ1) is 17.6. The lowest BCUT2D eigenvalue weighted by molar-refractivity contribution is -0.0438.